The maximum Gasteiger partial charge on any atom is 0.0694 e. The Bertz CT molecular complexity index is 779. The molecule has 2 aromatic rings. The lowest BCUT2D eigenvalue weighted by atomic mass is 10.1. The van der Waals surface area contributed by atoms with Crippen molar-refractivity contribution in [2.75, 3.05) is 0 Å². The summed E-state index contributed by atoms with van der Waals surface area (Å²) in [4.78, 5) is 8.41. The third kappa shape index (κ3) is 7.23. The van der Waals surface area contributed by atoms with Crippen molar-refractivity contribution < 1.29 is 0 Å². The van der Waals surface area contributed by atoms with Crippen LogP contribution in [-0.4, -0.2) is 12.9 Å². The van der Waals surface area contributed by atoms with Crippen molar-refractivity contribution in [3.8, 4) is 0 Å². The lowest BCUT2D eigenvalue weighted by Crippen LogP contribution is -1.79. The molecule has 2 nitrogen and oxygen atoms in total. The molecule has 0 aliphatic rings. The van der Waals surface area contributed by atoms with Crippen molar-refractivity contribution >= 4 is 18.6 Å². The molecule has 0 aromatic heterocycles. The maximum absolute atomic E-state index is 4.35. The van der Waals surface area contributed by atoms with Crippen LogP contribution in [0.5, 0.6) is 0 Å². The molecule has 0 spiro atoms. The molecule has 0 heterocycles. The first-order chi connectivity index (χ1) is 12.4. The quantitative estimate of drug-likeness (QED) is 0.441. The van der Waals surface area contributed by atoms with Crippen LogP contribution in [0.3, 0.4) is 0 Å². The van der Waals surface area contributed by atoms with E-state index in [1.807, 2.05) is 97.3 Å². The highest BCUT2D eigenvalue weighted by Crippen LogP contribution is 2.14. The van der Waals surface area contributed by atoms with E-state index < -0.39 is 0 Å². The smallest absolute Gasteiger partial charge is 0.0694 e. The van der Waals surface area contributed by atoms with Gasteiger partial charge in [0.15, 0.2) is 0 Å². The molecule has 124 valence electrons. The molecule has 2 rings (SSSR count). The van der Waals surface area contributed by atoms with Crippen molar-refractivity contribution in [2.45, 2.75) is 6.54 Å². The highest BCUT2D eigenvalue weighted by atomic mass is 14.7. The minimum absolute atomic E-state index is 0.705. The molecule has 0 radical (unpaired) electrons. The Morgan fingerprint density at radius 1 is 0.760 bits per heavy atom. The number of aliphatic imine (C=N–C) groups is 2. The number of hydrogen-bond acceptors (Lipinski definition) is 2. The molecule has 0 unspecified atom stereocenters. The molecule has 0 saturated carbocycles. The minimum atomic E-state index is 0.705. The number of allylic oxidation sites excluding steroid dienone is 7. The van der Waals surface area contributed by atoms with Crippen molar-refractivity contribution in [3.63, 3.8) is 0 Å². The molecular weight excluding hydrogens is 304 g/mol. The van der Waals surface area contributed by atoms with Crippen LogP contribution in [0, 0.1) is 0 Å². The lowest BCUT2D eigenvalue weighted by molar-refractivity contribution is 1.08. The normalized spacial score (nSPS) is 12.7. The molecule has 2 heteroatoms. The van der Waals surface area contributed by atoms with E-state index in [4.69, 9.17) is 0 Å². The van der Waals surface area contributed by atoms with Crippen molar-refractivity contribution in [3.05, 3.63) is 114 Å². The summed E-state index contributed by atoms with van der Waals surface area (Å²) in [6.07, 6.45) is 15.5. The van der Waals surface area contributed by atoms with Crippen LogP contribution >= 0.6 is 0 Å². The molecule has 0 aliphatic heterocycles. The van der Waals surface area contributed by atoms with Gasteiger partial charge in [-0.25, -0.2) is 0 Å². The summed E-state index contributed by atoms with van der Waals surface area (Å²) in [5.41, 5.74) is 3.12. The van der Waals surface area contributed by atoms with E-state index in [1.54, 1.807) is 0 Å². The minimum Gasteiger partial charge on any atom is -0.288 e. The van der Waals surface area contributed by atoms with E-state index in [0.717, 1.165) is 11.3 Å². The Morgan fingerprint density at radius 3 is 2.04 bits per heavy atom. The van der Waals surface area contributed by atoms with Gasteiger partial charge in [-0.2, -0.15) is 0 Å². The maximum atomic E-state index is 4.35. The molecular formula is C23H22N2. The predicted octanol–water partition coefficient (Wildman–Crippen LogP) is 5.67. The Hall–Kier alpha value is -3.26. The first-order valence-corrected chi connectivity index (χ1v) is 8.16. The molecule has 2 aromatic carbocycles. The summed E-state index contributed by atoms with van der Waals surface area (Å²) < 4.78 is 0. The second-order valence-corrected chi connectivity index (χ2v) is 5.21. The Morgan fingerprint density at radius 2 is 1.36 bits per heavy atom. The molecule has 0 amide bonds. The van der Waals surface area contributed by atoms with Gasteiger partial charge in [-0.05, 0) is 24.4 Å². The van der Waals surface area contributed by atoms with Gasteiger partial charge in [-0.1, -0.05) is 91.0 Å². The molecule has 0 saturated heterocycles. The summed E-state index contributed by atoms with van der Waals surface area (Å²) in [7, 11) is 0. The lowest BCUT2D eigenvalue weighted by Gasteiger charge is -1.98. The Balaban J connectivity index is 1.77. The summed E-state index contributed by atoms with van der Waals surface area (Å²) in [5, 5.41) is 0. The first-order valence-electron chi connectivity index (χ1n) is 8.16. The van der Waals surface area contributed by atoms with Crippen LogP contribution in [0.1, 0.15) is 11.1 Å². The average molecular weight is 326 g/mol. The van der Waals surface area contributed by atoms with Gasteiger partial charge in [0.1, 0.15) is 0 Å². The summed E-state index contributed by atoms with van der Waals surface area (Å²) in [5.74, 6) is 0. The van der Waals surface area contributed by atoms with E-state index in [-0.39, 0.29) is 0 Å². The van der Waals surface area contributed by atoms with Crippen molar-refractivity contribution in [1.82, 2.24) is 0 Å². The highest BCUT2D eigenvalue weighted by molar-refractivity contribution is 5.71. The van der Waals surface area contributed by atoms with Crippen LogP contribution < -0.4 is 0 Å². The van der Waals surface area contributed by atoms with Gasteiger partial charge in [-0.15, -0.1) is 0 Å². The predicted molar refractivity (Wildman–Crippen MR) is 110 cm³/mol. The molecule has 0 aliphatic carbocycles. The number of nitrogens with zero attached hydrogens (tertiary/aromatic N) is 2. The van der Waals surface area contributed by atoms with E-state index in [2.05, 4.69) is 28.8 Å². The van der Waals surface area contributed by atoms with Gasteiger partial charge in [0.2, 0.25) is 0 Å². The van der Waals surface area contributed by atoms with Gasteiger partial charge in [0.05, 0.1) is 12.2 Å². The SMILES string of the molecule is C=N\C(=C/C=C\C=C/C=C/C=NCc1ccccc1)c1ccccc1. The summed E-state index contributed by atoms with van der Waals surface area (Å²) >= 11 is 0. The average Bonchev–Trinajstić information content (AvgIpc) is 2.68. The first kappa shape index (κ1) is 18.1. The van der Waals surface area contributed by atoms with Crippen LogP contribution in [0.25, 0.3) is 5.70 Å². The van der Waals surface area contributed by atoms with E-state index in [0.29, 0.717) is 6.54 Å². The van der Waals surface area contributed by atoms with Crippen LogP contribution in [0.4, 0.5) is 0 Å². The molecule has 0 atom stereocenters. The second-order valence-electron chi connectivity index (χ2n) is 5.21. The zero-order chi connectivity index (χ0) is 17.6. The van der Waals surface area contributed by atoms with Gasteiger partial charge in [0, 0.05) is 11.8 Å². The largest absolute Gasteiger partial charge is 0.288 e. The second kappa shape index (κ2) is 11.3. The summed E-state index contributed by atoms with van der Waals surface area (Å²) in [6, 6.07) is 20.2. The fourth-order valence-corrected chi connectivity index (χ4v) is 2.10. The van der Waals surface area contributed by atoms with Crippen LogP contribution in [-0.2, 0) is 6.54 Å². The van der Waals surface area contributed by atoms with E-state index in [1.165, 1.54) is 5.56 Å². The molecule has 25 heavy (non-hydrogen) atoms. The third-order valence-electron chi connectivity index (χ3n) is 3.36. The Labute approximate surface area is 150 Å². The van der Waals surface area contributed by atoms with Crippen molar-refractivity contribution in [2.24, 2.45) is 9.98 Å². The van der Waals surface area contributed by atoms with Gasteiger partial charge < -0.3 is 0 Å². The standard InChI is InChI=1S/C23H22N2/c1-24-23(22-16-10-7-11-17-22)18-12-4-2-3-5-13-19-25-20-21-14-8-6-9-15-21/h2-19H,1,20H2/b3-2-,12-4-,13-5+,23-18-,25-19?. The van der Waals surface area contributed by atoms with Gasteiger partial charge in [0.25, 0.3) is 0 Å². The van der Waals surface area contributed by atoms with Gasteiger partial charge >= 0.3 is 0 Å². The molecule has 0 fully saturated rings. The number of rotatable bonds is 8. The van der Waals surface area contributed by atoms with Gasteiger partial charge in [-0.3, -0.25) is 9.98 Å². The topological polar surface area (TPSA) is 24.7 Å². The third-order valence-corrected chi connectivity index (χ3v) is 3.36. The number of benzene rings is 2. The molecule has 0 bridgehead atoms. The van der Waals surface area contributed by atoms with E-state index in [9.17, 15) is 0 Å². The highest BCUT2D eigenvalue weighted by Gasteiger charge is 1.94. The molecule has 0 N–H and O–H groups in total. The zero-order valence-electron chi connectivity index (χ0n) is 14.2. The van der Waals surface area contributed by atoms with Crippen LogP contribution in [0.15, 0.2) is 113 Å². The van der Waals surface area contributed by atoms with Crippen LogP contribution in [0.2, 0.25) is 0 Å². The van der Waals surface area contributed by atoms with E-state index >= 15 is 0 Å². The zero-order valence-corrected chi connectivity index (χ0v) is 14.2. The summed E-state index contributed by atoms with van der Waals surface area (Å²) in [6.45, 7) is 4.32. The fourth-order valence-electron chi connectivity index (χ4n) is 2.10. The Kier molecular flexibility index (Phi) is 8.18. The van der Waals surface area contributed by atoms with Crippen molar-refractivity contribution in [1.29, 1.82) is 0 Å². The fraction of sp³-hybridized carbons (Fsp3) is 0.0435. The monoisotopic (exact) mass is 326 g/mol. The number of hydrogen-bond donors (Lipinski definition) is 0.